The van der Waals surface area contributed by atoms with Crippen LogP contribution in [0.2, 0.25) is 0 Å². The number of aryl methyl sites for hydroxylation is 2. The Kier molecular flexibility index (Phi) is 10.2. The highest BCUT2D eigenvalue weighted by molar-refractivity contribution is 5.88. The topological polar surface area (TPSA) is 83.9 Å². The Morgan fingerprint density at radius 3 is 2.30 bits per heavy atom. The fourth-order valence-electron chi connectivity index (χ4n) is 5.91. The standard InChI is InChI=1S/C36H49N3O4/c1-24-30(28-15-13-26(14-16-28)23-37-20-17-27-11-9-10-12-29(27)42-8)32(39-21-18-36(6,7)19-22-39)31(25(2)38-24)33(34(40)41)43-35(3,4)5/h9-16,33,37H,17-23H2,1-8H3,(H,40,41). The maximum Gasteiger partial charge on any atom is 0.337 e. The van der Waals surface area contributed by atoms with Crippen molar-refractivity contribution in [1.82, 2.24) is 10.3 Å². The van der Waals surface area contributed by atoms with Crippen molar-refractivity contribution >= 4 is 11.7 Å². The fraction of sp³-hybridized carbons (Fsp3) is 0.500. The average molecular weight is 588 g/mol. The lowest BCUT2D eigenvalue weighted by molar-refractivity contribution is -0.160. The Hall–Kier alpha value is -3.42. The molecule has 2 N–H and O–H groups in total. The zero-order chi connectivity index (χ0) is 31.4. The zero-order valence-corrected chi connectivity index (χ0v) is 27.2. The van der Waals surface area contributed by atoms with Crippen LogP contribution in [0.15, 0.2) is 48.5 Å². The molecule has 7 heteroatoms. The van der Waals surface area contributed by atoms with E-state index in [0.717, 1.165) is 73.7 Å². The number of benzene rings is 2. The molecule has 7 nitrogen and oxygen atoms in total. The van der Waals surface area contributed by atoms with Gasteiger partial charge in [0.25, 0.3) is 0 Å². The van der Waals surface area contributed by atoms with Crippen molar-refractivity contribution in [1.29, 1.82) is 0 Å². The number of nitrogens with zero attached hydrogens (tertiary/aromatic N) is 2. The highest BCUT2D eigenvalue weighted by Gasteiger charge is 2.36. The first-order valence-corrected chi connectivity index (χ1v) is 15.4. The number of carboxylic acid groups (broad SMARTS) is 1. The second-order valence-electron chi connectivity index (χ2n) is 13.5. The number of nitrogens with one attached hydrogen (secondary N) is 1. The number of anilines is 1. The lowest BCUT2D eigenvalue weighted by Crippen LogP contribution is -2.39. The number of pyridine rings is 1. The molecular formula is C36H49N3O4. The lowest BCUT2D eigenvalue weighted by Gasteiger charge is -2.41. The minimum Gasteiger partial charge on any atom is -0.496 e. The van der Waals surface area contributed by atoms with Gasteiger partial charge in [-0.15, -0.1) is 0 Å². The number of hydrogen-bond donors (Lipinski definition) is 2. The highest BCUT2D eigenvalue weighted by Crippen LogP contribution is 2.44. The molecule has 0 amide bonds. The predicted octanol–water partition coefficient (Wildman–Crippen LogP) is 7.27. The summed E-state index contributed by atoms with van der Waals surface area (Å²) >= 11 is 0. The van der Waals surface area contributed by atoms with Crippen LogP contribution in [0.25, 0.3) is 11.1 Å². The second-order valence-corrected chi connectivity index (χ2v) is 13.5. The molecule has 1 atom stereocenters. The average Bonchev–Trinajstić information content (AvgIpc) is 2.94. The van der Waals surface area contributed by atoms with E-state index in [1.165, 1.54) is 11.1 Å². The van der Waals surface area contributed by atoms with Crippen LogP contribution in [0.5, 0.6) is 5.75 Å². The van der Waals surface area contributed by atoms with Gasteiger partial charge in [-0.1, -0.05) is 56.3 Å². The van der Waals surface area contributed by atoms with E-state index < -0.39 is 17.7 Å². The smallest absolute Gasteiger partial charge is 0.337 e. The molecule has 3 aromatic rings. The molecule has 232 valence electrons. The normalized spacial score (nSPS) is 15.8. The van der Waals surface area contributed by atoms with Crippen molar-refractivity contribution in [2.75, 3.05) is 31.6 Å². The largest absolute Gasteiger partial charge is 0.496 e. The Labute approximate surface area is 257 Å². The molecular weight excluding hydrogens is 538 g/mol. The molecule has 0 saturated carbocycles. The van der Waals surface area contributed by atoms with E-state index in [2.05, 4.69) is 54.4 Å². The van der Waals surface area contributed by atoms with Crippen LogP contribution in [-0.4, -0.2) is 48.4 Å². The van der Waals surface area contributed by atoms with Gasteiger partial charge in [-0.3, -0.25) is 4.98 Å². The van der Waals surface area contributed by atoms with E-state index in [1.54, 1.807) is 7.11 Å². The van der Waals surface area contributed by atoms with Gasteiger partial charge in [0.2, 0.25) is 0 Å². The molecule has 2 heterocycles. The van der Waals surface area contributed by atoms with Crippen molar-refractivity contribution in [3.05, 3.63) is 76.6 Å². The van der Waals surface area contributed by atoms with Crippen LogP contribution in [0.1, 0.15) is 81.6 Å². The van der Waals surface area contributed by atoms with Gasteiger partial charge in [0.1, 0.15) is 5.75 Å². The third-order valence-electron chi connectivity index (χ3n) is 8.31. The van der Waals surface area contributed by atoms with Crippen LogP contribution < -0.4 is 15.0 Å². The summed E-state index contributed by atoms with van der Waals surface area (Å²) in [6, 6.07) is 16.7. The maximum atomic E-state index is 12.7. The van der Waals surface area contributed by atoms with Crippen molar-refractivity contribution < 1.29 is 19.4 Å². The summed E-state index contributed by atoms with van der Waals surface area (Å²) < 4.78 is 11.7. The van der Waals surface area contributed by atoms with E-state index in [0.29, 0.717) is 11.3 Å². The summed E-state index contributed by atoms with van der Waals surface area (Å²) in [5, 5.41) is 14.0. The summed E-state index contributed by atoms with van der Waals surface area (Å²) in [6.07, 6.45) is 1.83. The number of carboxylic acids is 1. The van der Waals surface area contributed by atoms with Crippen molar-refractivity contribution in [3.63, 3.8) is 0 Å². The molecule has 1 saturated heterocycles. The van der Waals surface area contributed by atoms with Crippen LogP contribution in [0.4, 0.5) is 5.69 Å². The Morgan fingerprint density at radius 1 is 1.05 bits per heavy atom. The molecule has 1 aliphatic rings. The molecule has 43 heavy (non-hydrogen) atoms. The molecule has 2 aromatic carbocycles. The molecule has 0 aliphatic carbocycles. The fourth-order valence-corrected chi connectivity index (χ4v) is 5.91. The van der Waals surface area contributed by atoms with Gasteiger partial charge in [-0.05, 0) is 88.6 Å². The number of ether oxygens (including phenoxy) is 2. The van der Waals surface area contributed by atoms with Gasteiger partial charge < -0.3 is 24.8 Å². The van der Waals surface area contributed by atoms with E-state index in [1.807, 2.05) is 52.8 Å². The predicted molar refractivity (Wildman–Crippen MR) is 174 cm³/mol. The van der Waals surface area contributed by atoms with Gasteiger partial charge in [0.15, 0.2) is 6.10 Å². The summed E-state index contributed by atoms with van der Waals surface area (Å²) in [5.74, 6) is -0.0797. The van der Waals surface area contributed by atoms with E-state index >= 15 is 0 Å². The molecule has 1 aliphatic heterocycles. The van der Waals surface area contributed by atoms with Gasteiger partial charge in [0.05, 0.1) is 18.4 Å². The number of piperidine rings is 1. The molecule has 0 spiro atoms. The second kappa shape index (κ2) is 13.5. The summed E-state index contributed by atoms with van der Waals surface area (Å²) in [4.78, 5) is 20.0. The molecule has 4 rings (SSSR count). The molecule has 0 bridgehead atoms. The van der Waals surface area contributed by atoms with Crippen LogP contribution >= 0.6 is 0 Å². The maximum absolute atomic E-state index is 12.7. The van der Waals surface area contributed by atoms with Gasteiger partial charge in [-0.25, -0.2) is 4.79 Å². The van der Waals surface area contributed by atoms with Gasteiger partial charge >= 0.3 is 5.97 Å². The van der Waals surface area contributed by atoms with Crippen molar-refractivity contribution in [3.8, 4) is 16.9 Å². The minimum atomic E-state index is -1.12. The number of rotatable bonds is 11. The number of hydrogen-bond acceptors (Lipinski definition) is 6. The van der Waals surface area contributed by atoms with Gasteiger partial charge in [-0.2, -0.15) is 0 Å². The third-order valence-corrected chi connectivity index (χ3v) is 8.31. The lowest BCUT2D eigenvalue weighted by atomic mass is 9.81. The first kappa shape index (κ1) is 32.5. The van der Waals surface area contributed by atoms with Gasteiger partial charge in [0, 0.05) is 42.1 Å². The monoisotopic (exact) mass is 587 g/mol. The summed E-state index contributed by atoms with van der Waals surface area (Å²) in [6.45, 7) is 17.5. The Balaban J connectivity index is 1.65. The number of aliphatic carboxylic acids is 1. The SMILES string of the molecule is COc1ccccc1CCNCc1ccc(-c2c(C)nc(C)c(C(OC(C)(C)C)C(=O)O)c2N2CCC(C)(C)CC2)cc1. The van der Waals surface area contributed by atoms with E-state index in [-0.39, 0.29) is 5.41 Å². The molecule has 1 unspecified atom stereocenters. The quantitative estimate of drug-likeness (QED) is 0.228. The van der Waals surface area contributed by atoms with Crippen molar-refractivity contribution in [2.24, 2.45) is 5.41 Å². The molecule has 0 radical (unpaired) electrons. The zero-order valence-electron chi connectivity index (χ0n) is 27.2. The number of methoxy groups -OCH3 is 1. The van der Waals surface area contributed by atoms with Crippen LogP contribution in [0.3, 0.4) is 0 Å². The van der Waals surface area contributed by atoms with Crippen molar-refractivity contribution in [2.45, 2.75) is 86.0 Å². The summed E-state index contributed by atoms with van der Waals surface area (Å²) in [7, 11) is 1.71. The third kappa shape index (κ3) is 8.15. The first-order valence-electron chi connectivity index (χ1n) is 15.4. The number of carbonyl (C=O) groups is 1. The van der Waals surface area contributed by atoms with E-state index in [4.69, 9.17) is 14.5 Å². The number of para-hydroxylation sites is 1. The number of aromatic nitrogens is 1. The van der Waals surface area contributed by atoms with E-state index in [9.17, 15) is 9.90 Å². The molecule has 1 aromatic heterocycles. The van der Waals surface area contributed by atoms with Crippen LogP contribution in [0, 0.1) is 19.3 Å². The Morgan fingerprint density at radius 2 is 1.70 bits per heavy atom. The minimum absolute atomic E-state index is 0.252. The first-order chi connectivity index (χ1) is 20.3. The molecule has 1 fully saturated rings. The highest BCUT2D eigenvalue weighted by atomic mass is 16.5. The summed E-state index contributed by atoms with van der Waals surface area (Å²) in [5.41, 5.74) is 7.20. The Bertz CT molecular complexity index is 1400. The van der Waals surface area contributed by atoms with Crippen LogP contribution in [-0.2, 0) is 22.5 Å².